The van der Waals surface area contributed by atoms with Crippen molar-refractivity contribution < 1.29 is 28.0 Å². The van der Waals surface area contributed by atoms with Crippen molar-refractivity contribution in [2.24, 2.45) is 0 Å². The fourth-order valence-corrected chi connectivity index (χ4v) is 0. The zero-order valence-corrected chi connectivity index (χ0v) is 7.49. The Morgan fingerprint density at radius 2 is 1.25 bits per heavy atom. The van der Waals surface area contributed by atoms with Crippen molar-refractivity contribution in [3.63, 3.8) is 0 Å². The van der Waals surface area contributed by atoms with Gasteiger partial charge >= 0.3 is 45.5 Å². The van der Waals surface area contributed by atoms with Gasteiger partial charge in [-0.05, 0) is 0 Å². The van der Waals surface area contributed by atoms with Gasteiger partial charge in [0.15, 0.2) is 0 Å². The van der Waals surface area contributed by atoms with E-state index in [1.165, 1.54) is 0 Å². The summed E-state index contributed by atoms with van der Waals surface area (Å²) in [6.45, 7) is 0. The van der Waals surface area contributed by atoms with Crippen LogP contribution in [-0.2, 0) is 28.0 Å². The van der Waals surface area contributed by atoms with Crippen LogP contribution in [-0.4, -0.2) is 23.0 Å². The van der Waals surface area contributed by atoms with Crippen molar-refractivity contribution in [2.45, 2.75) is 0 Å². The first kappa shape index (κ1) is 18.9. The molecule has 0 amide bonds. The summed E-state index contributed by atoms with van der Waals surface area (Å²) < 4.78 is 8.30. The quantitative estimate of drug-likeness (QED) is 0.501. The molecule has 0 rings (SSSR count). The molecule has 0 aromatic rings. The number of hydrogen-bond acceptors (Lipinski definition) is 1. The van der Waals surface area contributed by atoms with Crippen LogP contribution in [0, 0.1) is 0 Å². The zero-order chi connectivity index (χ0) is 2.00. The summed E-state index contributed by atoms with van der Waals surface area (Å²) in [7, 11) is 0. The minimum absolute atomic E-state index is 0. The van der Waals surface area contributed by atoms with Crippen LogP contribution < -0.4 is 0 Å². The van der Waals surface area contributed by atoms with E-state index < -0.39 is 0 Å². The van der Waals surface area contributed by atoms with E-state index in [2.05, 4.69) is 0 Å². The molecule has 0 spiro atoms. The van der Waals surface area contributed by atoms with Gasteiger partial charge in [0.1, 0.15) is 0 Å². The molecule has 0 heterocycles. The first-order chi connectivity index (χ1) is 1.00. The van der Waals surface area contributed by atoms with Gasteiger partial charge in [-0.3, -0.25) is 0 Å². The van der Waals surface area contributed by atoms with E-state index in [0.29, 0.717) is 23.0 Å². The maximum Gasteiger partial charge on any atom is 2.00 e. The van der Waals surface area contributed by atoms with E-state index in [0.717, 1.165) is 0 Å². The molecule has 0 aliphatic rings. The van der Waals surface area contributed by atoms with Gasteiger partial charge in [-0.15, -0.1) is 0 Å². The zero-order valence-electron chi connectivity index (χ0n) is 1.97. The average molecular weight is 219 g/mol. The second kappa shape index (κ2) is 29.8. The van der Waals surface area contributed by atoms with E-state index in [9.17, 15) is 0 Å². The molecule has 4 heteroatoms. The van der Waals surface area contributed by atoms with Crippen LogP contribution in [0.25, 0.3) is 0 Å². The monoisotopic (exact) mass is 217 g/mol. The van der Waals surface area contributed by atoms with Crippen molar-refractivity contribution in [1.82, 2.24) is 0 Å². The van der Waals surface area contributed by atoms with E-state index in [1.807, 2.05) is 0 Å². The van der Waals surface area contributed by atoms with Gasteiger partial charge in [-0.2, -0.15) is 0 Å². The largest absolute Gasteiger partial charge is 2.00 e. The second-order valence-electron chi connectivity index (χ2n) is 0. The summed E-state index contributed by atoms with van der Waals surface area (Å²) in [5, 5.41) is 0. The summed E-state index contributed by atoms with van der Waals surface area (Å²) in [5.41, 5.74) is 0. The van der Waals surface area contributed by atoms with Crippen LogP contribution in [0.5, 0.6) is 0 Å². The summed E-state index contributed by atoms with van der Waals surface area (Å²) in [4.78, 5) is 0. The maximum atomic E-state index is 8.30. The number of rotatable bonds is 0. The summed E-state index contributed by atoms with van der Waals surface area (Å²) in [5.74, 6) is 0. The van der Waals surface area contributed by atoms with E-state index >= 15 is 0 Å². The van der Waals surface area contributed by atoms with Crippen LogP contribution in [0.15, 0.2) is 0 Å². The predicted molar refractivity (Wildman–Crippen MR) is 7.13 cm³/mol. The Bertz CT molecular complexity index is 6.00. The average Bonchev–Trinajstić information content (AvgIpc) is 1.00. The first-order valence-corrected chi connectivity index (χ1v) is 1.22. The van der Waals surface area contributed by atoms with Crippen LogP contribution >= 0.6 is 0 Å². The molecular formula is O2SbZn+. The van der Waals surface area contributed by atoms with Gasteiger partial charge in [-0.1, -0.05) is 0 Å². The molecule has 0 unspecified atom stereocenters. The van der Waals surface area contributed by atoms with E-state index in [-0.39, 0.29) is 25.0 Å². The third-order valence-electron chi connectivity index (χ3n) is 0. The number of hydrogen-bond donors (Lipinski definition) is 0. The molecule has 2 nitrogen and oxygen atoms in total. The maximum absolute atomic E-state index is 8.30. The minimum Gasteiger partial charge on any atom is 2.00 e. The molecule has 0 fully saturated rings. The molecule has 2 radical (unpaired) electrons. The van der Waals surface area contributed by atoms with Gasteiger partial charge in [0, 0.05) is 0 Å². The molecule has 0 atom stereocenters. The van der Waals surface area contributed by atoms with Gasteiger partial charge in [0.05, 0.1) is 0 Å². The molecule has 0 aromatic carbocycles. The van der Waals surface area contributed by atoms with Gasteiger partial charge in [0.25, 0.3) is 0 Å². The summed E-state index contributed by atoms with van der Waals surface area (Å²) in [6.07, 6.45) is 0. The van der Waals surface area contributed by atoms with Gasteiger partial charge in [0.2, 0.25) is 0 Å². The van der Waals surface area contributed by atoms with E-state index in [4.69, 9.17) is 3.02 Å². The Balaban J connectivity index is -0.00000000500. The molecule has 0 saturated heterocycles. The predicted octanol–water partition coefficient (Wildman–Crippen LogP) is -0.621. The molecule has 0 N–H and O–H groups in total. The van der Waals surface area contributed by atoms with E-state index in [1.54, 1.807) is 0 Å². The molecule has 0 aliphatic carbocycles. The topological polar surface area (TPSA) is 45.6 Å². The fraction of sp³-hybridized carbons (Fsp3) is 0. The van der Waals surface area contributed by atoms with Crippen LogP contribution in [0.3, 0.4) is 0 Å². The van der Waals surface area contributed by atoms with Gasteiger partial charge < -0.3 is 5.48 Å². The Morgan fingerprint density at radius 1 is 1.25 bits per heavy atom. The molecule has 0 saturated carbocycles. The fourth-order valence-electron chi connectivity index (χ4n) is 0. The Hall–Kier alpha value is 1.20. The van der Waals surface area contributed by atoms with Crippen molar-refractivity contribution in [2.75, 3.05) is 0 Å². The van der Waals surface area contributed by atoms with Crippen molar-refractivity contribution in [3.8, 4) is 0 Å². The summed E-state index contributed by atoms with van der Waals surface area (Å²) in [6, 6.07) is 0. The van der Waals surface area contributed by atoms with Crippen molar-refractivity contribution in [3.05, 3.63) is 0 Å². The normalized spacial score (nSPS) is 1.00. The SMILES string of the molecule is [O-2].[O]=[Sb+].[Zn+2]. The first-order valence-electron chi connectivity index (χ1n) is 0.183. The van der Waals surface area contributed by atoms with Gasteiger partial charge in [-0.25, -0.2) is 0 Å². The minimum atomic E-state index is 0. The Labute approximate surface area is 50.9 Å². The molecule has 0 aliphatic heterocycles. The molecule has 0 bridgehead atoms. The Morgan fingerprint density at radius 3 is 1.25 bits per heavy atom. The standard InChI is InChI=1S/2O.Sb.Zn/q;-2;+1;+2. The van der Waals surface area contributed by atoms with Crippen LogP contribution in [0.4, 0.5) is 0 Å². The third kappa shape index (κ3) is 10.7. The second-order valence-corrected chi connectivity index (χ2v) is 0. The van der Waals surface area contributed by atoms with Crippen LogP contribution in [0.2, 0.25) is 0 Å². The van der Waals surface area contributed by atoms with Crippen molar-refractivity contribution in [1.29, 1.82) is 0 Å². The molecule has 4 heavy (non-hydrogen) atoms. The van der Waals surface area contributed by atoms with Crippen LogP contribution in [0.1, 0.15) is 0 Å². The van der Waals surface area contributed by atoms with Crippen molar-refractivity contribution >= 4 is 23.0 Å². The third-order valence-corrected chi connectivity index (χ3v) is 0. The molecule has 0 aromatic heterocycles. The smallest absolute Gasteiger partial charge is 2.00 e. The molecule has 18 valence electrons. The Kier molecular flexibility index (Phi) is 141. The summed E-state index contributed by atoms with van der Waals surface area (Å²) >= 11 is 0.500. The molecular weight excluding hydrogens is 219 g/mol.